The molecule has 0 spiro atoms. The first kappa shape index (κ1) is 16.0. The number of nitrogens with one attached hydrogen (secondary N) is 2. The molecular formula is C18H18FN3O2. The molecule has 0 aliphatic rings. The fourth-order valence-corrected chi connectivity index (χ4v) is 2.34. The van der Waals surface area contributed by atoms with Gasteiger partial charge in [-0.1, -0.05) is 0 Å². The second kappa shape index (κ2) is 7.61. The van der Waals surface area contributed by atoms with E-state index in [2.05, 4.69) is 15.5 Å². The molecule has 0 fully saturated rings. The van der Waals surface area contributed by atoms with Crippen LogP contribution in [0.3, 0.4) is 0 Å². The highest BCUT2D eigenvalue weighted by Crippen LogP contribution is 2.23. The van der Waals surface area contributed by atoms with Gasteiger partial charge in [0.2, 0.25) is 0 Å². The van der Waals surface area contributed by atoms with E-state index in [0.29, 0.717) is 12.3 Å². The third-order valence-electron chi connectivity index (χ3n) is 3.55. The minimum atomic E-state index is -0.263. The number of benzene rings is 2. The van der Waals surface area contributed by atoms with Crippen LogP contribution in [0.25, 0.3) is 11.3 Å². The first-order valence-corrected chi connectivity index (χ1v) is 7.62. The summed E-state index contributed by atoms with van der Waals surface area (Å²) in [7, 11) is 0. The molecular weight excluding hydrogens is 309 g/mol. The van der Waals surface area contributed by atoms with Crippen molar-refractivity contribution in [1.82, 2.24) is 10.2 Å². The zero-order chi connectivity index (χ0) is 16.8. The number of ether oxygens (including phenoxy) is 1. The minimum Gasteiger partial charge on any atom is -0.491 e. The van der Waals surface area contributed by atoms with Crippen LogP contribution >= 0.6 is 0 Å². The van der Waals surface area contributed by atoms with Gasteiger partial charge in [0.25, 0.3) is 0 Å². The van der Waals surface area contributed by atoms with Gasteiger partial charge in [0, 0.05) is 23.4 Å². The monoisotopic (exact) mass is 327 g/mol. The summed E-state index contributed by atoms with van der Waals surface area (Å²) in [5.41, 5.74) is 3.68. The molecule has 2 aromatic carbocycles. The lowest BCUT2D eigenvalue weighted by Crippen LogP contribution is -2.02. The van der Waals surface area contributed by atoms with E-state index in [1.54, 1.807) is 18.3 Å². The Morgan fingerprint density at radius 2 is 1.83 bits per heavy atom. The molecule has 0 aliphatic carbocycles. The standard InChI is InChI=1S/C18H18FN3O2/c19-15-3-1-13(2-4-15)18-14(12-21-22-18)11-20-16-5-7-17(8-6-16)24-10-9-23/h1-8,12,20,23H,9-11H2,(H,21,22). The van der Waals surface area contributed by atoms with Gasteiger partial charge in [0.05, 0.1) is 18.5 Å². The topological polar surface area (TPSA) is 70.2 Å². The van der Waals surface area contributed by atoms with Crippen LogP contribution in [0.5, 0.6) is 5.75 Å². The highest BCUT2D eigenvalue weighted by atomic mass is 19.1. The first-order valence-electron chi connectivity index (χ1n) is 7.62. The Morgan fingerprint density at radius 3 is 2.54 bits per heavy atom. The Morgan fingerprint density at radius 1 is 1.08 bits per heavy atom. The van der Waals surface area contributed by atoms with Gasteiger partial charge < -0.3 is 15.2 Å². The molecule has 3 rings (SSSR count). The van der Waals surface area contributed by atoms with Crippen LogP contribution in [0, 0.1) is 5.82 Å². The zero-order valence-electron chi connectivity index (χ0n) is 13.0. The van der Waals surface area contributed by atoms with Crippen LogP contribution in [-0.2, 0) is 6.54 Å². The van der Waals surface area contributed by atoms with Gasteiger partial charge in [-0.3, -0.25) is 5.10 Å². The number of aromatic nitrogens is 2. The number of aromatic amines is 1. The molecule has 24 heavy (non-hydrogen) atoms. The zero-order valence-corrected chi connectivity index (χ0v) is 13.0. The second-order valence-electron chi connectivity index (χ2n) is 5.23. The van der Waals surface area contributed by atoms with Gasteiger partial charge in [-0.05, 0) is 48.5 Å². The fraction of sp³-hybridized carbons (Fsp3) is 0.167. The molecule has 0 saturated heterocycles. The first-order chi connectivity index (χ1) is 11.8. The van der Waals surface area contributed by atoms with Crippen molar-refractivity contribution in [1.29, 1.82) is 0 Å². The van der Waals surface area contributed by atoms with Gasteiger partial charge in [-0.15, -0.1) is 0 Å². The number of rotatable bonds is 7. The van der Waals surface area contributed by atoms with Crippen LogP contribution in [0.2, 0.25) is 0 Å². The second-order valence-corrected chi connectivity index (χ2v) is 5.23. The number of aliphatic hydroxyl groups is 1. The molecule has 0 saturated carbocycles. The van der Waals surface area contributed by atoms with Crippen LogP contribution in [0.1, 0.15) is 5.56 Å². The van der Waals surface area contributed by atoms with E-state index >= 15 is 0 Å². The maximum Gasteiger partial charge on any atom is 0.123 e. The van der Waals surface area contributed by atoms with Crippen molar-refractivity contribution in [3.8, 4) is 17.0 Å². The Balaban J connectivity index is 1.65. The maximum absolute atomic E-state index is 13.0. The van der Waals surface area contributed by atoms with Crippen molar-refractivity contribution in [2.24, 2.45) is 0 Å². The molecule has 3 N–H and O–H groups in total. The third-order valence-corrected chi connectivity index (χ3v) is 3.55. The number of hydrogen-bond acceptors (Lipinski definition) is 4. The van der Waals surface area contributed by atoms with Crippen LogP contribution in [0.4, 0.5) is 10.1 Å². The maximum atomic E-state index is 13.0. The van der Waals surface area contributed by atoms with Crippen molar-refractivity contribution in [3.63, 3.8) is 0 Å². The van der Waals surface area contributed by atoms with Gasteiger partial charge in [0.1, 0.15) is 18.2 Å². The summed E-state index contributed by atoms with van der Waals surface area (Å²) in [4.78, 5) is 0. The molecule has 1 heterocycles. The highest BCUT2D eigenvalue weighted by Gasteiger charge is 2.08. The highest BCUT2D eigenvalue weighted by molar-refractivity contribution is 5.63. The fourth-order valence-electron chi connectivity index (χ4n) is 2.34. The molecule has 0 radical (unpaired) electrons. The molecule has 124 valence electrons. The summed E-state index contributed by atoms with van der Waals surface area (Å²) in [6, 6.07) is 13.8. The van der Waals surface area contributed by atoms with E-state index in [0.717, 1.165) is 22.5 Å². The predicted molar refractivity (Wildman–Crippen MR) is 90.3 cm³/mol. The van der Waals surface area contributed by atoms with E-state index < -0.39 is 0 Å². The van der Waals surface area contributed by atoms with E-state index in [1.165, 1.54) is 12.1 Å². The molecule has 0 aliphatic heterocycles. The Kier molecular flexibility index (Phi) is 5.08. The van der Waals surface area contributed by atoms with Gasteiger partial charge in [-0.2, -0.15) is 5.10 Å². The number of H-pyrrole nitrogens is 1. The molecule has 0 atom stereocenters. The molecule has 0 bridgehead atoms. The Labute approximate surface area is 139 Å². The summed E-state index contributed by atoms with van der Waals surface area (Å²) in [6.45, 7) is 0.857. The lowest BCUT2D eigenvalue weighted by atomic mass is 10.1. The normalized spacial score (nSPS) is 10.6. The number of anilines is 1. The van der Waals surface area contributed by atoms with Crippen molar-refractivity contribution in [3.05, 3.63) is 66.1 Å². The van der Waals surface area contributed by atoms with Crippen molar-refractivity contribution < 1.29 is 14.2 Å². The summed E-state index contributed by atoms with van der Waals surface area (Å²) in [5.74, 6) is 0.450. The van der Waals surface area contributed by atoms with Crippen LogP contribution in [0.15, 0.2) is 54.7 Å². The molecule has 1 aromatic heterocycles. The summed E-state index contributed by atoms with van der Waals surface area (Å²) >= 11 is 0. The number of nitrogens with zero attached hydrogens (tertiary/aromatic N) is 1. The summed E-state index contributed by atoms with van der Waals surface area (Å²) in [5, 5.41) is 19.1. The van der Waals surface area contributed by atoms with E-state index in [-0.39, 0.29) is 19.0 Å². The quantitative estimate of drug-likeness (QED) is 0.623. The predicted octanol–water partition coefficient (Wildman–Crippen LogP) is 3.20. The van der Waals surface area contributed by atoms with Gasteiger partial charge in [-0.25, -0.2) is 4.39 Å². The van der Waals surface area contributed by atoms with E-state index in [9.17, 15) is 4.39 Å². The molecule has 0 unspecified atom stereocenters. The number of halogens is 1. The lowest BCUT2D eigenvalue weighted by Gasteiger charge is -2.09. The smallest absolute Gasteiger partial charge is 0.123 e. The number of hydrogen-bond donors (Lipinski definition) is 3. The van der Waals surface area contributed by atoms with Crippen molar-refractivity contribution >= 4 is 5.69 Å². The average Bonchev–Trinajstić information content (AvgIpc) is 3.08. The van der Waals surface area contributed by atoms with E-state index in [1.807, 2.05) is 24.3 Å². The van der Waals surface area contributed by atoms with Crippen LogP contribution in [-0.4, -0.2) is 28.5 Å². The van der Waals surface area contributed by atoms with Crippen molar-refractivity contribution in [2.45, 2.75) is 6.54 Å². The van der Waals surface area contributed by atoms with Gasteiger partial charge >= 0.3 is 0 Å². The summed E-state index contributed by atoms with van der Waals surface area (Å²) < 4.78 is 18.4. The third kappa shape index (κ3) is 3.91. The lowest BCUT2D eigenvalue weighted by molar-refractivity contribution is 0.201. The summed E-state index contributed by atoms with van der Waals surface area (Å²) in [6.07, 6.45) is 1.75. The number of aliphatic hydroxyl groups excluding tert-OH is 1. The molecule has 0 amide bonds. The van der Waals surface area contributed by atoms with Crippen LogP contribution < -0.4 is 10.1 Å². The minimum absolute atomic E-state index is 0.00729. The largest absolute Gasteiger partial charge is 0.491 e. The SMILES string of the molecule is OCCOc1ccc(NCc2cn[nH]c2-c2ccc(F)cc2)cc1. The Hall–Kier alpha value is -2.86. The van der Waals surface area contributed by atoms with E-state index in [4.69, 9.17) is 9.84 Å². The van der Waals surface area contributed by atoms with Crippen molar-refractivity contribution in [2.75, 3.05) is 18.5 Å². The molecule has 6 heteroatoms. The Bertz CT molecular complexity index is 770. The average molecular weight is 327 g/mol. The molecule has 5 nitrogen and oxygen atoms in total. The molecule has 3 aromatic rings. The van der Waals surface area contributed by atoms with Gasteiger partial charge in [0.15, 0.2) is 0 Å².